The molecule has 2 fully saturated rings. The first-order valence-electron chi connectivity index (χ1n) is 7.85. The van der Waals surface area contributed by atoms with E-state index in [-0.39, 0.29) is 11.2 Å². The molecule has 2 aliphatic rings. The number of ether oxygens (including phenoxy) is 1. The van der Waals surface area contributed by atoms with E-state index in [0.717, 1.165) is 38.9 Å². The summed E-state index contributed by atoms with van der Waals surface area (Å²) in [5, 5.41) is 0. The van der Waals surface area contributed by atoms with Crippen molar-refractivity contribution >= 4 is 5.91 Å². The van der Waals surface area contributed by atoms with Crippen LogP contribution in [0.1, 0.15) is 31.4 Å². The molecule has 2 saturated heterocycles. The average Bonchev–Trinajstić information content (AvgIpc) is 2.94. The van der Waals surface area contributed by atoms with Crippen LogP contribution < -0.4 is 10.2 Å². The number of carbonyl (C=O) groups is 1. The Morgan fingerprint density at radius 3 is 2.64 bits per heavy atom. The molecule has 120 valence electrons. The summed E-state index contributed by atoms with van der Waals surface area (Å²) in [5.41, 5.74) is -0.152. The molecule has 0 saturated carbocycles. The van der Waals surface area contributed by atoms with E-state index in [2.05, 4.69) is 4.90 Å². The highest BCUT2D eigenvalue weighted by molar-refractivity contribution is 5.78. The zero-order valence-corrected chi connectivity index (χ0v) is 12.9. The summed E-state index contributed by atoms with van der Waals surface area (Å²) in [5.74, 6) is 1.19. The number of methoxy groups -OCH3 is 1. The molecular formula is C16H22N2O4. The first-order chi connectivity index (χ1) is 10.7. The van der Waals surface area contributed by atoms with Gasteiger partial charge in [-0.2, -0.15) is 0 Å². The molecule has 0 bridgehead atoms. The van der Waals surface area contributed by atoms with Crippen molar-refractivity contribution in [3.05, 3.63) is 28.3 Å². The molecule has 0 unspecified atom stereocenters. The second-order valence-corrected chi connectivity index (χ2v) is 5.98. The molecule has 3 heterocycles. The fourth-order valence-corrected chi connectivity index (χ4v) is 3.33. The van der Waals surface area contributed by atoms with Crippen LogP contribution in [0.2, 0.25) is 0 Å². The predicted molar refractivity (Wildman–Crippen MR) is 80.8 cm³/mol. The second-order valence-electron chi connectivity index (χ2n) is 5.98. The topological polar surface area (TPSA) is 63.0 Å². The summed E-state index contributed by atoms with van der Waals surface area (Å²) in [4.78, 5) is 27.8. The summed E-state index contributed by atoms with van der Waals surface area (Å²) >= 11 is 0. The van der Waals surface area contributed by atoms with Crippen LogP contribution in [0.3, 0.4) is 0 Å². The van der Waals surface area contributed by atoms with Gasteiger partial charge in [0, 0.05) is 38.2 Å². The quantitative estimate of drug-likeness (QED) is 0.837. The summed E-state index contributed by atoms with van der Waals surface area (Å²) < 4.78 is 10.4. The number of amides is 1. The van der Waals surface area contributed by atoms with E-state index in [4.69, 9.17) is 9.15 Å². The van der Waals surface area contributed by atoms with Gasteiger partial charge in [0.25, 0.3) is 0 Å². The lowest BCUT2D eigenvalue weighted by atomic mass is 10.0. The van der Waals surface area contributed by atoms with Gasteiger partial charge in [-0.05, 0) is 19.3 Å². The zero-order chi connectivity index (χ0) is 15.5. The van der Waals surface area contributed by atoms with Gasteiger partial charge < -0.3 is 14.1 Å². The zero-order valence-electron chi connectivity index (χ0n) is 12.9. The first-order valence-corrected chi connectivity index (χ1v) is 7.85. The Labute approximate surface area is 129 Å². The molecule has 22 heavy (non-hydrogen) atoms. The lowest BCUT2D eigenvalue weighted by Crippen LogP contribution is -2.45. The SMILES string of the molecule is COc1coc(CN2CCC(N3CCCC3=O)CC2)cc1=O. The Morgan fingerprint density at radius 2 is 2.05 bits per heavy atom. The molecule has 1 aromatic rings. The largest absolute Gasteiger partial charge is 0.490 e. The summed E-state index contributed by atoms with van der Waals surface area (Å²) in [6.07, 6.45) is 5.05. The van der Waals surface area contributed by atoms with Gasteiger partial charge in [0.05, 0.1) is 13.7 Å². The molecule has 0 spiro atoms. The fourth-order valence-electron chi connectivity index (χ4n) is 3.33. The molecule has 1 aromatic heterocycles. The van der Waals surface area contributed by atoms with Gasteiger partial charge in [0.1, 0.15) is 12.0 Å². The van der Waals surface area contributed by atoms with E-state index < -0.39 is 0 Å². The Kier molecular flexibility index (Phi) is 4.47. The molecule has 2 aliphatic heterocycles. The molecule has 6 heteroatoms. The van der Waals surface area contributed by atoms with Crippen LogP contribution in [-0.2, 0) is 11.3 Å². The van der Waals surface area contributed by atoms with Crippen molar-refractivity contribution in [2.75, 3.05) is 26.7 Å². The predicted octanol–water partition coefficient (Wildman–Crippen LogP) is 1.24. The van der Waals surface area contributed by atoms with Gasteiger partial charge in [-0.15, -0.1) is 0 Å². The van der Waals surface area contributed by atoms with Gasteiger partial charge in [-0.3, -0.25) is 14.5 Å². The summed E-state index contributed by atoms with van der Waals surface area (Å²) in [6, 6.07) is 1.88. The Bertz CT molecular complexity index is 590. The van der Waals surface area contributed by atoms with E-state index in [1.165, 1.54) is 19.4 Å². The molecule has 0 N–H and O–H groups in total. The van der Waals surface area contributed by atoms with Gasteiger partial charge in [-0.1, -0.05) is 0 Å². The number of hydrogen-bond donors (Lipinski definition) is 0. The van der Waals surface area contributed by atoms with Crippen LogP contribution in [0.15, 0.2) is 21.5 Å². The van der Waals surface area contributed by atoms with E-state index >= 15 is 0 Å². The number of nitrogens with zero attached hydrogens (tertiary/aromatic N) is 2. The Balaban J connectivity index is 1.54. The molecule has 1 amide bonds. The number of piperidine rings is 1. The van der Waals surface area contributed by atoms with E-state index in [0.29, 0.717) is 30.7 Å². The van der Waals surface area contributed by atoms with Crippen LogP contribution in [0.5, 0.6) is 5.75 Å². The van der Waals surface area contributed by atoms with Gasteiger partial charge >= 0.3 is 0 Å². The van der Waals surface area contributed by atoms with Gasteiger partial charge in [-0.25, -0.2) is 0 Å². The molecular weight excluding hydrogens is 284 g/mol. The molecule has 0 radical (unpaired) electrons. The monoisotopic (exact) mass is 306 g/mol. The third-order valence-electron chi connectivity index (χ3n) is 4.56. The standard InChI is InChI=1S/C16H22N2O4/c1-21-15-11-22-13(9-14(15)19)10-17-7-4-12(5-8-17)18-6-2-3-16(18)20/h9,11-12H,2-8,10H2,1H3. The van der Waals surface area contributed by atoms with E-state index in [1.807, 2.05) is 4.90 Å². The number of likely N-dealkylation sites (tertiary alicyclic amines) is 2. The van der Waals surface area contributed by atoms with Crippen LogP contribution in [0.25, 0.3) is 0 Å². The first kappa shape index (κ1) is 15.1. The maximum Gasteiger partial charge on any atom is 0.227 e. The highest BCUT2D eigenvalue weighted by atomic mass is 16.5. The normalized spacial score (nSPS) is 20.6. The van der Waals surface area contributed by atoms with Crippen LogP contribution >= 0.6 is 0 Å². The van der Waals surface area contributed by atoms with E-state index in [1.54, 1.807) is 0 Å². The molecule has 0 atom stereocenters. The Hall–Kier alpha value is -1.82. The summed E-state index contributed by atoms with van der Waals surface area (Å²) in [7, 11) is 1.45. The van der Waals surface area contributed by atoms with Crippen molar-refractivity contribution in [1.82, 2.24) is 9.80 Å². The minimum atomic E-state index is -0.152. The third-order valence-corrected chi connectivity index (χ3v) is 4.56. The number of rotatable bonds is 4. The van der Waals surface area contributed by atoms with Crippen LogP contribution in [0, 0.1) is 0 Å². The molecule has 6 nitrogen and oxygen atoms in total. The minimum Gasteiger partial charge on any atom is -0.490 e. The second kappa shape index (κ2) is 6.52. The van der Waals surface area contributed by atoms with Gasteiger partial charge in [0.2, 0.25) is 17.1 Å². The summed E-state index contributed by atoms with van der Waals surface area (Å²) in [6.45, 7) is 3.38. The maximum atomic E-state index is 11.8. The van der Waals surface area contributed by atoms with Crippen molar-refractivity contribution in [3.8, 4) is 5.75 Å². The smallest absolute Gasteiger partial charge is 0.227 e. The molecule has 0 aromatic carbocycles. The lowest BCUT2D eigenvalue weighted by molar-refractivity contribution is -0.130. The molecule has 0 aliphatic carbocycles. The van der Waals surface area contributed by atoms with Crippen molar-refractivity contribution < 1.29 is 13.9 Å². The third kappa shape index (κ3) is 3.16. The number of hydrogen-bond acceptors (Lipinski definition) is 5. The van der Waals surface area contributed by atoms with Crippen molar-refractivity contribution in [3.63, 3.8) is 0 Å². The van der Waals surface area contributed by atoms with Crippen molar-refractivity contribution in [1.29, 1.82) is 0 Å². The van der Waals surface area contributed by atoms with Gasteiger partial charge in [0.15, 0.2) is 0 Å². The lowest BCUT2D eigenvalue weighted by Gasteiger charge is -2.36. The number of carbonyl (C=O) groups excluding carboxylic acids is 1. The minimum absolute atomic E-state index is 0.152. The van der Waals surface area contributed by atoms with Crippen LogP contribution in [-0.4, -0.2) is 48.5 Å². The fraction of sp³-hybridized carbons (Fsp3) is 0.625. The van der Waals surface area contributed by atoms with Crippen molar-refractivity contribution in [2.24, 2.45) is 0 Å². The maximum absolute atomic E-state index is 11.8. The highest BCUT2D eigenvalue weighted by Crippen LogP contribution is 2.23. The van der Waals surface area contributed by atoms with Crippen LogP contribution in [0.4, 0.5) is 0 Å². The highest BCUT2D eigenvalue weighted by Gasteiger charge is 2.30. The average molecular weight is 306 g/mol. The molecule has 3 rings (SSSR count). The van der Waals surface area contributed by atoms with E-state index in [9.17, 15) is 9.59 Å². The Morgan fingerprint density at radius 1 is 1.27 bits per heavy atom. The van der Waals surface area contributed by atoms with Crippen molar-refractivity contribution in [2.45, 2.75) is 38.3 Å².